The van der Waals surface area contributed by atoms with Gasteiger partial charge in [-0.1, -0.05) is 0 Å². The Bertz CT molecular complexity index is 322. The van der Waals surface area contributed by atoms with E-state index in [1.807, 2.05) is 12.1 Å². The van der Waals surface area contributed by atoms with E-state index in [1.165, 1.54) is 19.3 Å². The van der Waals surface area contributed by atoms with Crippen LogP contribution in [0.4, 0.5) is 11.5 Å². The average molecular weight is 221 g/mol. The third-order valence-electron chi connectivity index (χ3n) is 3.14. The first-order chi connectivity index (χ1) is 7.81. The Morgan fingerprint density at radius 1 is 1.44 bits per heavy atom. The number of hydrogen-bond acceptors (Lipinski definition) is 4. The standard InChI is InChI=1S/C12H19N3O/c13-10-5-6-12(14-9-10)15(7-2-8-16)11-3-1-4-11/h5-6,9,11,16H,1-4,7-8,13H2. The number of anilines is 2. The molecule has 1 aliphatic rings. The topological polar surface area (TPSA) is 62.4 Å². The van der Waals surface area contributed by atoms with Crippen LogP contribution < -0.4 is 10.6 Å². The number of aliphatic hydroxyl groups is 1. The fraction of sp³-hybridized carbons (Fsp3) is 0.583. The summed E-state index contributed by atoms with van der Waals surface area (Å²) in [6.07, 6.45) is 6.26. The van der Waals surface area contributed by atoms with Crippen molar-refractivity contribution in [2.45, 2.75) is 31.7 Å². The summed E-state index contributed by atoms with van der Waals surface area (Å²) < 4.78 is 0. The van der Waals surface area contributed by atoms with Gasteiger partial charge in [-0.25, -0.2) is 4.98 Å². The van der Waals surface area contributed by atoms with E-state index in [1.54, 1.807) is 6.20 Å². The Balaban J connectivity index is 2.07. The van der Waals surface area contributed by atoms with Crippen LogP contribution in [0.3, 0.4) is 0 Å². The molecule has 1 heterocycles. The second-order valence-corrected chi connectivity index (χ2v) is 4.31. The molecule has 4 heteroatoms. The van der Waals surface area contributed by atoms with Gasteiger partial charge >= 0.3 is 0 Å². The van der Waals surface area contributed by atoms with Crippen molar-refractivity contribution in [1.29, 1.82) is 0 Å². The molecule has 2 rings (SSSR count). The van der Waals surface area contributed by atoms with Gasteiger partial charge in [0.05, 0.1) is 11.9 Å². The van der Waals surface area contributed by atoms with Crippen molar-refractivity contribution in [2.75, 3.05) is 23.8 Å². The molecule has 0 atom stereocenters. The van der Waals surface area contributed by atoms with E-state index in [0.29, 0.717) is 11.7 Å². The predicted octanol–water partition coefficient (Wildman–Crippen LogP) is 1.41. The van der Waals surface area contributed by atoms with Gasteiger partial charge in [-0.3, -0.25) is 0 Å². The number of aliphatic hydroxyl groups excluding tert-OH is 1. The summed E-state index contributed by atoms with van der Waals surface area (Å²) in [6, 6.07) is 4.44. The highest BCUT2D eigenvalue weighted by Gasteiger charge is 2.25. The lowest BCUT2D eigenvalue weighted by atomic mass is 9.91. The maximum atomic E-state index is 8.91. The Morgan fingerprint density at radius 2 is 2.25 bits per heavy atom. The van der Waals surface area contributed by atoms with Crippen molar-refractivity contribution in [1.82, 2.24) is 4.98 Å². The Morgan fingerprint density at radius 3 is 2.75 bits per heavy atom. The molecule has 1 saturated carbocycles. The lowest BCUT2D eigenvalue weighted by Gasteiger charge is -2.38. The van der Waals surface area contributed by atoms with E-state index in [-0.39, 0.29) is 6.61 Å². The molecule has 3 N–H and O–H groups in total. The van der Waals surface area contributed by atoms with Crippen molar-refractivity contribution in [3.63, 3.8) is 0 Å². The molecule has 1 aromatic heterocycles. The molecule has 88 valence electrons. The average Bonchev–Trinajstić information content (AvgIpc) is 2.23. The van der Waals surface area contributed by atoms with Crippen molar-refractivity contribution < 1.29 is 5.11 Å². The first-order valence-electron chi connectivity index (χ1n) is 5.90. The molecule has 16 heavy (non-hydrogen) atoms. The van der Waals surface area contributed by atoms with Crippen LogP contribution in [0.1, 0.15) is 25.7 Å². The first-order valence-corrected chi connectivity index (χ1v) is 5.90. The fourth-order valence-electron chi connectivity index (χ4n) is 1.99. The van der Waals surface area contributed by atoms with E-state index in [0.717, 1.165) is 18.8 Å². The van der Waals surface area contributed by atoms with Gasteiger partial charge < -0.3 is 15.7 Å². The van der Waals surface area contributed by atoms with Gasteiger partial charge in [-0.2, -0.15) is 0 Å². The Kier molecular flexibility index (Phi) is 3.62. The monoisotopic (exact) mass is 221 g/mol. The molecule has 1 aromatic rings. The van der Waals surface area contributed by atoms with Crippen molar-refractivity contribution in [3.05, 3.63) is 18.3 Å². The molecule has 0 aromatic carbocycles. The molecule has 0 spiro atoms. The second-order valence-electron chi connectivity index (χ2n) is 4.31. The number of pyridine rings is 1. The molecular weight excluding hydrogens is 202 g/mol. The first kappa shape index (κ1) is 11.2. The maximum Gasteiger partial charge on any atom is 0.128 e. The Hall–Kier alpha value is -1.29. The number of hydrogen-bond donors (Lipinski definition) is 2. The number of rotatable bonds is 5. The highest BCUT2D eigenvalue weighted by Crippen LogP contribution is 2.28. The summed E-state index contributed by atoms with van der Waals surface area (Å²) in [4.78, 5) is 6.64. The van der Waals surface area contributed by atoms with Gasteiger partial charge in [-0.15, -0.1) is 0 Å². The van der Waals surface area contributed by atoms with Crippen LogP contribution in [0.5, 0.6) is 0 Å². The van der Waals surface area contributed by atoms with Crippen LogP contribution >= 0.6 is 0 Å². The third kappa shape index (κ3) is 2.44. The summed E-state index contributed by atoms with van der Waals surface area (Å²) >= 11 is 0. The lowest BCUT2D eigenvalue weighted by molar-refractivity contribution is 0.282. The van der Waals surface area contributed by atoms with Gasteiger partial charge in [0.15, 0.2) is 0 Å². The zero-order valence-electron chi connectivity index (χ0n) is 9.47. The van der Waals surface area contributed by atoms with Crippen LogP contribution in [0.15, 0.2) is 18.3 Å². The summed E-state index contributed by atoms with van der Waals surface area (Å²) in [5.41, 5.74) is 6.32. The van der Waals surface area contributed by atoms with Gasteiger partial charge in [0.25, 0.3) is 0 Å². The summed E-state index contributed by atoms with van der Waals surface area (Å²) in [5.74, 6) is 0.979. The minimum absolute atomic E-state index is 0.234. The highest BCUT2D eigenvalue weighted by atomic mass is 16.3. The molecule has 1 fully saturated rings. The minimum Gasteiger partial charge on any atom is -0.397 e. The second kappa shape index (κ2) is 5.16. The molecule has 0 aliphatic heterocycles. The van der Waals surface area contributed by atoms with E-state index >= 15 is 0 Å². The molecule has 0 radical (unpaired) electrons. The zero-order chi connectivity index (χ0) is 11.4. The van der Waals surface area contributed by atoms with E-state index in [9.17, 15) is 0 Å². The normalized spacial score (nSPS) is 15.8. The molecule has 0 bridgehead atoms. The highest BCUT2D eigenvalue weighted by molar-refractivity contribution is 5.46. The predicted molar refractivity (Wildman–Crippen MR) is 65.3 cm³/mol. The van der Waals surface area contributed by atoms with E-state index in [2.05, 4.69) is 9.88 Å². The van der Waals surface area contributed by atoms with Crippen LogP contribution in [0, 0.1) is 0 Å². The quantitative estimate of drug-likeness (QED) is 0.789. The summed E-state index contributed by atoms with van der Waals surface area (Å²) in [6.45, 7) is 1.11. The Labute approximate surface area is 96.1 Å². The summed E-state index contributed by atoms with van der Waals surface area (Å²) in [7, 11) is 0. The van der Waals surface area contributed by atoms with Gasteiger partial charge in [0.1, 0.15) is 5.82 Å². The van der Waals surface area contributed by atoms with Crippen molar-refractivity contribution in [2.24, 2.45) is 0 Å². The van der Waals surface area contributed by atoms with Crippen LogP contribution in [-0.4, -0.2) is 29.3 Å². The lowest BCUT2D eigenvalue weighted by Crippen LogP contribution is -2.41. The van der Waals surface area contributed by atoms with Crippen LogP contribution in [0.2, 0.25) is 0 Å². The zero-order valence-corrected chi connectivity index (χ0v) is 9.47. The third-order valence-corrected chi connectivity index (χ3v) is 3.14. The number of nitrogens with two attached hydrogens (primary N) is 1. The molecule has 0 unspecified atom stereocenters. The largest absolute Gasteiger partial charge is 0.397 e. The van der Waals surface area contributed by atoms with Gasteiger partial charge in [-0.05, 0) is 37.8 Å². The van der Waals surface area contributed by atoms with E-state index in [4.69, 9.17) is 10.8 Å². The van der Waals surface area contributed by atoms with Crippen LogP contribution in [-0.2, 0) is 0 Å². The van der Waals surface area contributed by atoms with Gasteiger partial charge in [0.2, 0.25) is 0 Å². The number of aromatic nitrogens is 1. The molecule has 1 aliphatic carbocycles. The van der Waals surface area contributed by atoms with Crippen LogP contribution in [0.25, 0.3) is 0 Å². The number of nitrogen functional groups attached to an aromatic ring is 1. The maximum absolute atomic E-state index is 8.91. The van der Waals surface area contributed by atoms with Gasteiger partial charge in [0, 0.05) is 19.2 Å². The van der Waals surface area contributed by atoms with E-state index < -0.39 is 0 Å². The van der Waals surface area contributed by atoms with Crippen molar-refractivity contribution >= 4 is 11.5 Å². The molecule has 4 nitrogen and oxygen atoms in total. The molecular formula is C12H19N3O. The number of nitrogens with zero attached hydrogens (tertiary/aromatic N) is 2. The smallest absolute Gasteiger partial charge is 0.128 e. The van der Waals surface area contributed by atoms with Crippen molar-refractivity contribution in [3.8, 4) is 0 Å². The fourth-order valence-corrected chi connectivity index (χ4v) is 1.99. The minimum atomic E-state index is 0.234. The summed E-state index contributed by atoms with van der Waals surface area (Å²) in [5, 5.41) is 8.91. The molecule has 0 amide bonds. The SMILES string of the molecule is Nc1ccc(N(CCCO)C2CCC2)nc1. The molecule has 0 saturated heterocycles.